The molecule has 66 valence electrons. The van der Waals surface area contributed by atoms with E-state index in [9.17, 15) is 9.59 Å². The van der Waals surface area contributed by atoms with Crippen LogP contribution in [-0.4, -0.2) is 18.4 Å². The van der Waals surface area contributed by atoms with Crippen molar-refractivity contribution in [3.8, 4) is 6.07 Å². The van der Waals surface area contributed by atoms with Crippen molar-refractivity contribution < 1.29 is 14.3 Å². The molecule has 0 aliphatic rings. The Kier molecular flexibility index (Phi) is 4.70. The number of hydrogen-bond donors (Lipinski definition) is 0. The van der Waals surface area contributed by atoms with E-state index >= 15 is 0 Å². The van der Waals surface area contributed by atoms with Gasteiger partial charge in [0.25, 0.3) is 0 Å². The van der Waals surface area contributed by atoms with Gasteiger partial charge in [-0.15, -0.1) is 0 Å². The van der Waals surface area contributed by atoms with Crippen molar-refractivity contribution in [2.45, 2.75) is 20.3 Å². The number of ether oxygens (including phenoxy) is 1. The molecule has 1 unspecified atom stereocenters. The summed E-state index contributed by atoms with van der Waals surface area (Å²) in [6, 6.07) is 1.77. The van der Waals surface area contributed by atoms with Crippen molar-refractivity contribution in [2.75, 3.05) is 6.61 Å². The highest BCUT2D eigenvalue weighted by Gasteiger charge is 2.23. The summed E-state index contributed by atoms with van der Waals surface area (Å²) < 4.78 is 4.61. The van der Waals surface area contributed by atoms with E-state index < -0.39 is 11.9 Å². The summed E-state index contributed by atoms with van der Waals surface area (Å²) in [5.74, 6) is -1.84. The Morgan fingerprint density at radius 2 is 2.17 bits per heavy atom. The number of carbonyl (C=O) groups excluding carboxylic acids is 2. The molecule has 0 aliphatic carbocycles. The van der Waals surface area contributed by atoms with Crippen molar-refractivity contribution in [1.82, 2.24) is 0 Å². The van der Waals surface area contributed by atoms with Gasteiger partial charge < -0.3 is 4.74 Å². The van der Waals surface area contributed by atoms with Gasteiger partial charge in [0.15, 0.2) is 0 Å². The van der Waals surface area contributed by atoms with Gasteiger partial charge in [-0.1, -0.05) is 0 Å². The summed E-state index contributed by atoms with van der Waals surface area (Å²) in [6.45, 7) is 3.16. The summed E-state index contributed by atoms with van der Waals surface area (Å²) >= 11 is 0. The Morgan fingerprint density at radius 3 is 2.50 bits per heavy atom. The number of rotatable bonds is 4. The third-order valence-corrected chi connectivity index (χ3v) is 1.36. The molecule has 12 heavy (non-hydrogen) atoms. The number of ketones is 1. The number of Topliss-reactive ketones (excluding diaryl/α,β-unsaturated/α-hetero) is 1. The van der Waals surface area contributed by atoms with Crippen LogP contribution in [-0.2, 0) is 14.3 Å². The molecule has 0 fully saturated rings. The Hall–Kier alpha value is -1.37. The fraction of sp³-hybridized carbons (Fsp3) is 0.625. The van der Waals surface area contributed by atoms with Gasteiger partial charge in [0.05, 0.1) is 19.1 Å². The average Bonchev–Trinajstić information content (AvgIpc) is 1.99. The Labute approximate surface area is 71.1 Å². The van der Waals surface area contributed by atoms with Gasteiger partial charge >= 0.3 is 5.97 Å². The van der Waals surface area contributed by atoms with Crippen LogP contribution in [0.5, 0.6) is 0 Å². The van der Waals surface area contributed by atoms with Gasteiger partial charge in [0, 0.05) is 0 Å². The molecule has 0 aromatic carbocycles. The second-order valence-corrected chi connectivity index (χ2v) is 2.28. The number of nitrogens with zero attached hydrogens (tertiary/aromatic N) is 1. The van der Waals surface area contributed by atoms with Crippen LogP contribution in [0.15, 0.2) is 0 Å². The third kappa shape index (κ3) is 3.15. The molecule has 0 amide bonds. The zero-order chi connectivity index (χ0) is 9.56. The second kappa shape index (κ2) is 5.30. The number of carbonyl (C=O) groups is 2. The normalized spacial score (nSPS) is 11.4. The fourth-order valence-corrected chi connectivity index (χ4v) is 0.727. The van der Waals surface area contributed by atoms with Gasteiger partial charge in [0.2, 0.25) is 0 Å². The van der Waals surface area contributed by atoms with Crippen molar-refractivity contribution in [3.63, 3.8) is 0 Å². The van der Waals surface area contributed by atoms with Gasteiger partial charge in [-0.05, 0) is 13.8 Å². The maximum atomic E-state index is 11.0. The molecule has 0 saturated carbocycles. The first-order valence-electron chi connectivity index (χ1n) is 3.67. The van der Waals surface area contributed by atoms with Crippen LogP contribution in [0, 0.1) is 17.2 Å². The second-order valence-electron chi connectivity index (χ2n) is 2.28. The number of esters is 1. The maximum absolute atomic E-state index is 11.0. The zero-order valence-electron chi connectivity index (χ0n) is 7.16. The van der Waals surface area contributed by atoms with E-state index in [1.54, 1.807) is 13.0 Å². The molecule has 0 saturated heterocycles. The fourth-order valence-electron chi connectivity index (χ4n) is 0.727. The van der Waals surface area contributed by atoms with Crippen molar-refractivity contribution >= 4 is 11.8 Å². The Morgan fingerprint density at radius 1 is 1.58 bits per heavy atom. The molecule has 0 bridgehead atoms. The van der Waals surface area contributed by atoms with Crippen LogP contribution in [0.4, 0.5) is 0 Å². The van der Waals surface area contributed by atoms with E-state index in [2.05, 4.69) is 4.74 Å². The van der Waals surface area contributed by atoms with Crippen molar-refractivity contribution in [3.05, 3.63) is 0 Å². The average molecular weight is 169 g/mol. The lowest BCUT2D eigenvalue weighted by Crippen LogP contribution is -2.23. The monoisotopic (exact) mass is 169 g/mol. The summed E-state index contributed by atoms with van der Waals surface area (Å²) in [4.78, 5) is 21.8. The summed E-state index contributed by atoms with van der Waals surface area (Å²) in [6.07, 6.45) is -0.103. The van der Waals surface area contributed by atoms with E-state index in [0.717, 1.165) is 0 Å². The predicted octanol–water partition coefficient (Wildman–Crippen LogP) is 0.668. The van der Waals surface area contributed by atoms with Crippen LogP contribution in [0.1, 0.15) is 20.3 Å². The molecule has 1 atom stereocenters. The molecule has 0 aliphatic heterocycles. The van der Waals surface area contributed by atoms with Crippen LogP contribution in [0.3, 0.4) is 0 Å². The van der Waals surface area contributed by atoms with E-state index in [1.165, 1.54) is 6.92 Å². The molecule has 4 heteroatoms. The molecule has 0 heterocycles. The molecule has 0 N–H and O–H groups in total. The van der Waals surface area contributed by atoms with Crippen LogP contribution in [0.25, 0.3) is 0 Å². The highest BCUT2D eigenvalue weighted by atomic mass is 16.5. The highest BCUT2D eigenvalue weighted by Crippen LogP contribution is 2.06. The van der Waals surface area contributed by atoms with Gasteiger partial charge in [-0.25, -0.2) is 0 Å². The summed E-state index contributed by atoms with van der Waals surface area (Å²) in [5, 5.41) is 8.29. The third-order valence-electron chi connectivity index (χ3n) is 1.36. The molecular formula is C8H11NO3. The maximum Gasteiger partial charge on any atom is 0.317 e. The highest BCUT2D eigenvalue weighted by molar-refractivity contribution is 5.97. The quantitative estimate of drug-likeness (QED) is 0.458. The molecule has 0 rings (SSSR count). The number of hydrogen-bond acceptors (Lipinski definition) is 4. The molecule has 0 spiro atoms. The SMILES string of the molecule is CCOC(=O)C(CC#N)C(C)=O. The molecule has 4 nitrogen and oxygen atoms in total. The van der Waals surface area contributed by atoms with Gasteiger partial charge in [-0.2, -0.15) is 5.26 Å². The van der Waals surface area contributed by atoms with E-state index in [4.69, 9.17) is 5.26 Å². The van der Waals surface area contributed by atoms with E-state index in [-0.39, 0.29) is 18.8 Å². The lowest BCUT2D eigenvalue weighted by atomic mass is 10.0. The standard InChI is InChI=1S/C8H11NO3/c1-3-12-8(11)7(4-5-9)6(2)10/h7H,3-4H2,1-2H3. The molecule has 0 aromatic heterocycles. The lowest BCUT2D eigenvalue weighted by Gasteiger charge is -2.07. The molecular weight excluding hydrogens is 158 g/mol. The summed E-state index contributed by atoms with van der Waals surface area (Å²) in [5.41, 5.74) is 0. The smallest absolute Gasteiger partial charge is 0.317 e. The van der Waals surface area contributed by atoms with Crippen LogP contribution < -0.4 is 0 Å². The minimum Gasteiger partial charge on any atom is -0.465 e. The lowest BCUT2D eigenvalue weighted by molar-refractivity contribution is -0.150. The minimum atomic E-state index is -0.907. The van der Waals surface area contributed by atoms with Crippen LogP contribution >= 0.6 is 0 Å². The van der Waals surface area contributed by atoms with E-state index in [1.807, 2.05) is 0 Å². The first-order chi connectivity index (χ1) is 5.63. The molecule has 0 radical (unpaired) electrons. The van der Waals surface area contributed by atoms with Crippen molar-refractivity contribution in [2.24, 2.45) is 5.92 Å². The number of nitriles is 1. The van der Waals surface area contributed by atoms with Gasteiger partial charge in [0.1, 0.15) is 11.7 Å². The predicted molar refractivity (Wildman–Crippen MR) is 41.0 cm³/mol. The Bertz CT molecular complexity index is 217. The van der Waals surface area contributed by atoms with Crippen molar-refractivity contribution in [1.29, 1.82) is 5.26 Å². The first-order valence-corrected chi connectivity index (χ1v) is 3.67. The Balaban J connectivity index is 4.21. The van der Waals surface area contributed by atoms with E-state index in [0.29, 0.717) is 0 Å². The molecule has 0 aromatic rings. The topological polar surface area (TPSA) is 67.2 Å². The largest absolute Gasteiger partial charge is 0.465 e. The van der Waals surface area contributed by atoms with Gasteiger partial charge in [-0.3, -0.25) is 9.59 Å². The summed E-state index contributed by atoms with van der Waals surface area (Å²) in [7, 11) is 0. The zero-order valence-corrected chi connectivity index (χ0v) is 7.16. The minimum absolute atomic E-state index is 0.103. The van der Waals surface area contributed by atoms with Crippen LogP contribution in [0.2, 0.25) is 0 Å². The first kappa shape index (κ1) is 10.6.